The highest BCUT2D eigenvalue weighted by molar-refractivity contribution is 5.31. The maximum atomic E-state index is 13.8. The molecule has 2 aromatic rings. The van der Waals surface area contributed by atoms with Crippen LogP contribution in [0.2, 0.25) is 0 Å². The number of nitrogens with zero attached hydrogens (tertiary/aromatic N) is 1. The molecule has 1 aliphatic heterocycles. The maximum absolute atomic E-state index is 13.8. The first-order valence-corrected chi connectivity index (χ1v) is 8.70. The van der Waals surface area contributed by atoms with Crippen LogP contribution in [0.15, 0.2) is 42.5 Å². The smallest absolute Gasteiger partial charge is 0.127 e. The first-order valence-electron chi connectivity index (χ1n) is 8.70. The van der Waals surface area contributed by atoms with E-state index in [1.807, 2.05) is 18.2 Å². The van der Waals surface area contributed by atoms with Gasteiger partial charge in [0.15, 0.2) is 0 Å². The van der Waals surface area contributed by atoms with Crippen molar-refractivity contribution in [1.82, 2.24) is 10.2 Å². The molecule has 134 valence electrons. The van der Waals surface area contributed by atoms with Gasteiger partial charge in [0.1, 0.15) is 17.4 Å². The van der Waals surface area contributed by atoms with Gasteiger partial charge in [-0.1, -0.05) is 12.1 Å². The molecule has 1 N–H and O–H groups in total. The molecule has 0 saturated carbocycles. The lowest BCUT2D eigenvalue weighted by atomic mass is 10.0. The molecule has 1 unspecified atom stereocenters. The summed E-state index contributed by atoms with van der Waals surface area (Å²) >= 11 is 0. The topological polar surface area (TPSA) is 24.5 Å². The van der Waals surface area contributed by atoms with Crippen molar-refractivity contribution in [2.24, 2.45) is 0 Å². The summed E-state index contributed by atoms with van der Waals surface area (Å²) in [4.78, 5) is 2.43. The van der Waals surface area contributed by atoms with Crippen LogP contribution in [-0.2, 0) is 6.54 Å². The highest BCUT2D eigenvalue weighted by Crippen LogP contribution is 2.27. The minimum atomic E-state index is -0.415. The highest BCUT2D eigenvalue weighted by Gasteiger charge is 2.23. The lowest BCUT2D eigenvalue weighted by Crippen LogP contribution is -2.34. The molecule has 2 aromatic carbocycles. The lowest BCUT2D eigenvalue weighted by molar-refractivity contribution is 0.237. The van der Waals surface area contributed by atoms with Crippen molar-refractivity contribution in [3.63, 3.8) is 0 Å². The van der Waals surface area contributed by atoms with Gasteiger partial charge in [0.2, 0.25) is 0 Å². The summed E-state index contributed by atoms with van der Waals surface area (Å²) in [5, 5.41) is 3.29. The van der Waals surface area contributed by atoms with Crippen molar-refractivity contribution in [2.75, 3.05) is 26.7 Å². The van der Waals surface area contributed by atoms with Gasteiger partial charge in [-0.3, -0.25) is 4.90 Å². The summed E-state index contributed by atoms with van der Waals surface area (Å²) < 4.78 is 32.4. The molecule has 0 spiro atoms. The fraction of sp³-hybridized carbons (Fsp3) is 0.400. The molecule has 0 aliphatic carbocycles. The summed E-state index contributed by atoms with van der Waals surface area (Å²) in [5.41, 5.74) is 1.53. The van der Waals surface area contributed by atoms with Crippen LogP contribution in [0.3, 0.4) is 0 Å². The number of halogens is 2. The second-order valence-corrected chi connectivity index (χ2v) is 6.40. The number of rotatable bonds is 7. The molecular formula is C20H24F2N2O. The van der Waals surface area contributed by atoms with Crippen molar-refractivity contribution in [1.29, 1.82) is 0 Å². The van der Waals surface area contributed by atoms with Gasteiger partial charge in [0.25, 0.3) is 0 Å². The second-order valence-electron chi connectivity index (χ2n) is 6.40. The molecule has 5 heteroatoms. The zero-order valence-electron chi connectivity index (χ0n) is 14.5. The molecule has 0 amide bonds. The molecule has 0 aromatic heterocycles. The van der Waals surface area contributed by atoms with Crippen molar-refractivity contribution in [3.05, 3.63) is 65.2 Å². The molecule has 1 saturated heterocycles. The van der Waals surface area contributed by atoms with Gasteiger partial charge in [0.05, 0.1) is 7.11 Å². The number of likely N-dealkylation sites (tertiary alicyclic amines) is 1. The molecule has 0 bridgehead atoms. The van der Waals surface area contributed by atoms with Gasteiger partial charge >= 0.3 is 0 Å². The van der Waals surface area contributed by atoms with Gasteiger partial charge in [-0.25, -0.2) is 8.78 Å². The third-order valence-electron chi connectivity index (χ3n) is 4.72. The molecule has 1 atom stereocenters. The van der Waals surface area contributed by atoms with Crippen molar-refractivity contribution < 1.29 is 13.5 Å². The second kappa shape index (κ2) is 8.41. The summed E-state index contributed by atoms with van der Waals surface area (Å²) in [6.45, 7) is 3.08. The number of ether oxygens (including phenoxy) is 1. The predicted molar refractivity (Wildman–Crippen MR) is 94.6 cm³/mol. The molecule has 3 nitrogen and oxygen atoms in total. The van der Waals surface area contributed by atoms with Crippen molar-refractivity contribution in [3.8, 4) is 5.75 Å². The van der Waals surface area contributed by atoms with Crippen LogP contribution in [0.25, 0.3) is 0 Å². The highest BCUT2D eigenvalue weighted by atomic mass is 19.1. The predicted octanol–water partition coefficient (Wildman–Crippen LogP) is 3.90. The fourth-order valence-electron chi connectivity index (χ4n) is 3.38. The van der Waals surface area contributed by atoms with Gasteiger partial charge in [-0.2, -0.15) is 0 Å². The third-order valence-corrected chi connectivity index (χ3v) is 4.72. The van der Waals surface area contributed by atoms with E-state index in [1.54, 1.807) is 7.11 Å². The Morgan fingerprint density at radius 3 is 2.68 bits per heavy atom. The van der Waals surface area contributed by atoms with E-state index in [4.69, 9.17) is 4.74 Å². The first kappa shape index (κ1) is 17.8. The largest absolute Gasteiger partial charge is 0.497 e. The molecule has 25 heavy (non-hydrogen) atoms. The maximum Gasteiger partial charge on any atom is 0.127 e. The number of hydrogen-bond acceptors (Lipinski definition) is 3. The Bertz CT molecular complexity index is 702. The lowest BCUT2D eigenvalue weighted by Gasteiger charge is -2.28. The fourth-order valence-corrected chi connectivity index (χ4v) is 3.38. The average molecular weight is 346 g/mol. The molecule has 0 radical (unpaired) electrons. The van der Waals surface area contributed by atoms with Crippen LogP contribution < -0.4 is 10.1 Å². The molecule has 3 rings (SSSR count). The van der Waals surface area contributed by atoms with Gasteiger partial charge in [-0.15, -0.1) is 0 Å². The summed E-state index contributed by atoms with van der Waals surface area (Å²) in [7, 11) is 1.66. The van der Waals surface area contributed by atoms with E-state index in [2.05, 4.69) is 16.3 Å². The number of nitrogens with one attached hydrogen (secondary N) is 1. The molecule has 1 heterocycles. The van der Waals surface area contributed by atoms with E-state index in [9.17, 15) is 8.78 Å². The van der Waals surface area contributed by atoms with E-state index < -0.39 is 5.82 Å². The van der Waals surface area contributed by atoms with E-state index in [0.29, 0.717) is 18.7 Å². The standard InChI is InChI=1S/C20H24F2N2O/c1-25-18-6-4-5-15(12-18)20(24-9-2-3-10-24)14-23-13-16-11-17(21)7-8-19(16)22/h4-8,11-12,20,23H,2-3,9-10,13-14H2,1H3. The number of hydrogen-bond donors (Lipinski definition) is 1. The molecule has 1 aliphatic rings. The van der Waals surface area contributed by atoms with Crippen molar-refractivity contribution >= 4 is 0 Å². The minimum absolute atomic E-state index is 0.189. The van der Waals surface area contributed by atoms with Gasteiger partial charge < -0.3 is 10.1 Å². The molecule has 1 fully saturated rings. The van der Waals surface area contributed by atoms with E-state index in [-0.39, 0.29) is 11.9 Å². The monoisotopic (exact) mass is 346 g/mol. The third kappa shape index (κ3) is 4.55. The van der Waals surface area contributed by atoms with Crippen LogP contribution in [0, 0.1) is 11.6 Å². The van der Waals surface area contributed by atoms with Crippen LogP contribution in [0.5, 0.6) is 5.75 Å². The number of benzene rings is 2. The Balaban J connectivity index is 1.70. The van der Waals surface area contributed by atoms with Crippen LogP contribution >= 0.6 is 0 Å². The zero-order chi connectivity index (χ0) is 17.6. The Kier molecular flexibility index (Phi) is 6.00. The van der Waals surface area contributed by atoms with E-state index >= 15 is 0 Å². The molecular weight excluding hydrogens is 322 g/mol. The Morgan fingerprint density at radius 2 is 1.92 bits per heavy atom. The normalized spacial score (nSPS) is 16.1. The number of methoxy groups -OCH3 is 1. The van der Waals surface area contributed by atoms with Gasteiger partial charge in [0, 0.05) is 24.7 Å². The SMILES string of the molecule is COc1cccc(C(CNCc2cc(F)ccc2F)N2CCCC2)c1. The quantitative estimate of drug-likeness (QED) is 0.823. The average Bonchev–Trinajstić information content (AvgIpc) is 3.16. The van der Waals surface area contributed by atoms with E-state index in [0.717, 1.165) is 24.9 Å². The summed E-state index contributed by atoms with van der Waals surface area (Å²) in [5.74, 6) is 0.0352. The Labute approximate surface area is 147 Å². The van der Waals surface area contributed by atoms with Gasteiger partial charge in [-0.05, 0) is 61.8 Å². The first-order chi connectivity index (χ1) is 12.2. The Morgan fingerprint density at radius 1 is 1.12 bits per heavy atom. The van der Waals surface area contributed by atoms with E-state index in [1.165, 1.54) is 30.5 Å². The van der Waals surface area contributed by atoms with Crippen LogP contribution in [0.4, 0.5) is 8.78 Å². The van der Waals surface area contributed by atoms with Crippen LogP contribution in [-0.4, -0.2) is 31.6 Å². The Hall–Kier alpha value is -1.98. The summed E-state index contributed by atoms with van der Waals surface area (Å²) in [6, 6.07) is 11.8. The zero-order valence-corrected chi connectivity index (χ0v) is 14.5. The van der Waals surface area contributed by atoms with Crippen LogP contribution in [0.1, 0.15) is 30.0 Å². The minimum Gasteiger partial charge on any atom is -0.497 e. The summed E-state index contributed by atoms with van der Waals surface area (Å²) in [6.07, 6.45) is 2.39. The van der Waals surface area contributed by atoms with Crippen molar-refractivity contribution in [2.45, 2.75) is 25.4 Å².